The Bertz CT molecular complexity index is 647. The van der Waals surface area contributed by atoms with Gasteiger partial charge >= 0.3 is 0 Å². The Kier molecular flexibility index (Phi) is 3.23. The lowest BCUT2D eigenvalue weighted by Crippen LogP contribution is -2.44. The molecule has 1 heterocycles. The number of hydrogen-bond donors (Lipinski definition) is 2. The largest absolute Gasteiger partial charge is 0.331 e. The second-order valence-corrected chi connectivity index (χ2v) is 6.89. The minimum atomic E-state index is 0.357. The first-order chi connectivity index (χ1) is 10.3. The fourth-order valence-electron chi connectivity index (χ4n) is 4.70. The summed E-state index contributed by atoms with van der Waals surface area (Å²) < 4.78 is 2.22. The van der Waals surface area contributed by atoms with Crippen LogP contribution < -0.4 is 11.3 Å². The molecule has 4 heteroatoms. The van der Waals surface area contributed by atoms with Crippen LogP contribution in [0.1, 0.15) is 31.5 Å². The molecule has 0 amide bonds. The van der Waals surface area contributed by atoms with Gasteiger partial charge in [-0.25, -0.2) is 4.98 Å². The second-order valence-electron chi connectivity index (χ2n) is 6.89. The molecule has 2 aliphatic carbocycles. The van der Waals surface area contributed by atoms with Crippen LogP contribution in [0.5, 0.6) is 0 Å². The van der Waals surface area contributed by atoms with E-state index in [1.54, 1.807) is 0 Å². The van der Waals surface area contributed by atoms with E-state index in [2.05, 4.69) is 35.2 Å². The molecule has 4 unspecified atom stereocenters. The highest BCUT2D eigenvalue weighted by atomic mass is 15.2. The van der Waals surface area contributed by atoms with Crippen molar-refractivity contribution in [1.82, 2.24) is 15.0 Å². The molecule has 0 radical (unpaired) electrons. The van der Waals surface area contributed by atoms with Gasteiger partial charge in [-0.3, -0.25) is 11.3 Å². The maximum Gasteiger partial charge on any atom is 0.111 e. The first-order valence-electron chi connectivity index (χ1n) is 8.12. The summed E-state index contributed by atoms with van der Waals surface area (Å²) >= 11 is 0. The Morgan fingerprint density at radius 1 is 1.33 bits per heavy atom. The van der Waals surface area contributed by atoms with Crippen molar-refractivity contribution in [2.45, 2.75) is 38.1 Å². The van der Waals surface area contributed by atoms with Crippen molar-refractivity contribution in [1.29, 1.82) is 0 Å². The third kappa shape index (κ3) is 2.17. The Hall–Kier alpha value is -1.39. The van der Waals surface area contributed by atoms with Gasteiger partial charge in [0.05, 0.1) is 11.0 Å². The average Bonchev–Trinajstić information content (AvgIpc) is 3.20. The van der Waals surface area contributed by atoms with E-state index in [0.29, 0.717) is 6.04 Å². The first-order valence-corrected chi connectivity index (χ1v) is 8.12. The summed E-state index contributed by atoms with van der Waals surface area (Å²) in [7, 11) is 2.11. The number of fused-ring (bicyclic) bond motifs is 3. The van der Waals surface area contributed by atoms with Crippen LogP contribution in [0.2, 0.25) is 0 Å². The van der Waals surface area contributed by atoms with Crippen LogP contribution in [0.3, 0.4) is 0 Å². The van der Waals surface area contributed by atoms with E-state index in [-0.39, 0.29) is 0 Å². The quantitative estimate of drug-likeness (QED) is 0.669. The number of hydrazine groups is 1. The molecule has 1 aromatic carbocycles. The van der Waals surface area contributed by atoms with E-state index >= 15 is 0 Å². The number of benzene rings is 1. The van der Waals surface area contributed by atoms with Crippen molar-refractivity contribution in [2.24, 2.45) is 30.6 Å². The molecule has 2 bridgehead atoms. The Balaban J connectivity index is 1.59. The average molecular weight is 284 g/mol. The number of para-hydroxylation sites is 2. The van der Waals surface area contributed by atoms with E-state index in [0.717, 1.165) is 35.5 Å². The molecule has 0 saturated heterocycles. The van der Waals surface area contributed by atoms with E-state index in [1.165, 1.54) is 31.2 Å². The Morgan fingerprint density at radius 3 is 2.86 bits per heavy atom. The predicted octanol–water partition coefficient (Wildman–Crippen LogP) is 2.38. The third-order valence-electron chi connectivity index (χ3n) is 5.81. The van der Waals surface area contributed by atoms with Crippen LogP contribution in [0.4, 0.5) is 0 Å². The summed E-state index contributed by atoms with van der Waals surface area (Å²) in [6.07, 6.45) is 6.53. The summed E-state index contributed by atoms with van der Waals surface area (Å²) in [6.45, 7) is 0. The SMILES string of the molecule is Cn1c(CC(NN)C2CC3CCC2C3)nc2ccccc21. The number of rotatable bonds is 4. The number of hydrogen-bond acceptors (Lipinski definition) is 3. The minimum Gasteiger partial charge on any atom is -0.331 e. The van der Waals surface area contributed by atoms with E-state index in [1.807, 2.05) is 6.07 Å². The highest BCUT2D eigenvalue weighted by Crippen LogP contribution is 2.49. The molecular formula is C17H24N4. The van der Waals surface area contributed by atoms with Gasteiger partial charge in [0.2, 0.25) is 0 Å². The van der Waals surface area contributed by atoms with Crippen LogP contribution in [0, 0.1) is 17.8 Å². The van der Waals surface area contributed by atoms with Crippen LogP contribution in [-0.2, 0) is 13.5 Å². The molecule has 2 aromatic rings. The zero-order chi connectivity index (χ0) is 14.4. The molecule has 1 aromatic heterocycles. The molecule has 2 saturated carbocycles. The number of nitrogens with zero attached hydrogens (tertiary/aromatic N) is 2. The molecular weight excluding hydrogens is 260 g/mol. The molecule has 21 heavy (non-hydrogen) atoms. The summed E-state index contributed by atoms with van der Waals surface area (Å²) in [5, 5.41) is 0. The van der Waals surface area contributed by atoms with Gasteiger partial charge in [-0.15, -0.1) is 0 Å². The van der Waals surface area contributed by atoms with Crippen molar-refractivity contribution in [3.8, 4) is 0 Å². The van der Waals surface area contributed by atoms with Gasteiger partial charge in [0.25, 0.3) is 0 Å². The van der Waals surface area contributed by atoms with Crippen molar-refractivity contribution in [3.05, 3.63) is 30.1 Å². The smallest absolute Gasteiger partial charge is 0.111 e. The molecule has 4 atom stereocenters. The minimum absolute atomic E-state index is 0.357. The van der Waals surface area contributed by atoms with Crippen molar-refractivity contribution < 1.29 is 0 Å². The van der Waals surface area contributed by atoms with Gasteiger partial charge in [-0.2, -0.15) is 0 Å². The molecule has 2 aliphatic rings. The Labute approximate surface area is 125 Å². The first kappa shape index (κ1) is 13.3. The number of aromatic nitrogens is 2. The summed E-state index contributed by atoms with van der Waals surface area (Å²) in [6, 6.07) is 8.70. The lowest BCUT2D eigenvalue weighted by atomic mass is 9.82. The normalized spacial score (nSPS) is 29.3. The number of nitrogens with two attached hydrogens (primary N) is 1. The molecule has 4 nitrogen and oxygen atoms in total. The maximum atomic E-state index is 5.89. The zero-order valence-electron chi connectivity index (χ0n) is 12.6. The van der Waals surface area contributed by atoms with Crippen molar-refractivity contribution >= 4 is 11.0 Å². The van der Waals surface area contributed by atoms with Gasteiger partial charge in [-0.05, 0) is 49.1 Å². The number of aryl methyl sites for hydroxylation is 1. The van der Waals surface area contributed by atoms with Crippen LogP contribution in [-0.4, -0.2) is 15.6 Å². The number of nitrogens with one attached hydrogen (secondary N) is 1. The fourth-order valence-corrected chi connectivity index (χ4v) is 4.70. The maximum absolute atomic E-state index is 5.89. The summed E-state index contributed by atoms with van der Waals surface area (Å²) in [5.41, 5.74) is 5.38. The Morgan fingerprint density at radius 2 is 2.19 bits per heavy atom. The third-order valence-corrected chi connectivity index (χ3v) is 5.81. The summed E-state index contributed by atoms with van der Waals surface area (Å²) in [4.78, 5) is 4.80. The van der Waals surface area contributed by atoms with E-state index in [4.69, 9.17) is 10.8 Å². The second kappa shape index (κ2) is 5.11. The van der Waals surface area contributed by atoms with Crippen LogP contribution in [0.15, 0.2) is 24.3 Å². The van der Waals surface area contributed by atoms with Gasteiger partial charge < -0.3 is 4.57 Å². The molecule has 3 N–H and O–H groups in total. The monoisotopic (exact) mass is 284 g/mol. The molecule has 2 fully saturated rings. The van der Waals surface area contributed by atoms with Gasteiger partial charge in [0.1, 0.15) is 5.82 Å². The van der Waals surface area contributed by atoms with Gasteiger partial charge in [0, 0.05) is 19.5 Å². The standard InChI is InChI=1S/C17H24N4/c1-21-16-5-3-2-4-14(16)19-17(21)10-15(20-18)13-9-11-6-7-12(13)8-11/h2-5,11-13,15,20H,6-10,18H2,1H3. The molecule has 112 valence electrons. The van der Waals surface area contributed by atoms with Crippen molar-refractivity contribution in [3.63, 3.8) is 0 Å². The highest BCUT2D eigenvalue weighted by molar-refractivity contribution is 5.75. The lowest BCUT2D eigenvalue weighted by molar-refractivity contribution is 0.245. The van der Waals surface area contributed by atoms with Crippen LogP contribution in [0.25, 0.3) is 11.0 Å². The van der Waals surface area contributed by atoms with Gasteiger partial charge in [-0.1, -0.05) is 18.6 Å². The van der Waals surface area contributed by atoms with E-state index in [9.17, 15) is 0 Å². The number of imidazole rings is 1. The predicted molar refractivity (Wildman–Crippen MR) is 84.5 cm³/mol. The summed E-state index contributed by atoms with van der Waals surface area (Å²) in [5.74, 6) is 9.60. The van der Waals surface area contributed by atoms with Crippen molar-refractivity contribution in [2.75, 3.05) is 0 Å². The topological polar surface area (TPSA) is 55.9 Å². The van der Waals surface area contributed by atoms with E-state index < -0.39 is 0 Å². The molecule has 0 spiro atoms. The molecule has 0 aliphatic heterocycles. The molecule has 4 rings (SSSR count). The highest BCUT2D eigenvalue weighted by Gasteiger charge is 2.43. The fraction of sp³-hybridized carbons (Fsp3) is 0.588. The lowest BCUT2D eigenvalue weighted by Gasteiger charge is -2.29. The zero-order valence-corrected chi connectivity index (χ0v) is 12.6. The van der Waals surface area contributed by atoms with Gasteiger partial charge in [0.15, 0.2) is 0 Å². The van der Waals surface area contributed by atoms with Crippen LogP contribution >= 0.6 is 0 Å².